The number of hydrogen-bond acceptors (Lipinski definition) is 4. The van der Waals surface area contributed by atoms with Gasteiger partial charge in [0.25, 0.3) is 5.91 Å². The first-order valence-corrected chi connectivity index (χ1v) is 9.26. The van der Waals surface area contributed by atoms with Crippen LogP contribution in [0.1, 0.15) is 56.1 Å². The van der Waals surface area contributed by atoms with E-state index in [1.54, 1.807) is 52.1 Å². The average Bonchev–Trinajstić information content (AvgIpc) is 2.65. The molecule has 0 bridgehead atoms. The first-order chi connectivity index (χ1) is 13.2. The van der Waals surface area contributed by atoms with Gasteiger partial charge < -0.3 is 14.8 Å². The fourth-order valence-corrected chi connectivity index (χ4v) is 2.63. The maximum atomic E-state index is 12.6. The minimum Gasteiger partial charge on any atom is -0.497 e. The highest BCUT2D eigenvalue weighted by molar-refractivity contribution is 5.95. The predicted octanol–water partition coefficient (Wildman–Crippen LogP) is 4.92. The second-order valence-electron chi connectivity index (χ2n) is 7.41. The molecule has 1 atom stereocenters. The van der Waals surface area contributed by atoms with Crippen LogP contribution in [0.4, 0.5) is 10.5 Å². The van der Waals surface area contributed by atoms with Crippen LogP contribution in [0.15, 0.2) is 48.5 Å². The summed E-state index contributed by atoms with van der Waals surface area (Å²) in [4.78, 5) is 24.4. The zero-order valence-electron chi connectivity index (χ0n) is 17.0. The number of amides is 2. The minimum atomic E-state index is -0.569. The zero-order chi connectivity index (χ0) is 20.7. The van der Waals surface area contributed by atoms with Gasteiger partial charge in [0.1, 0.15) is 11.4 Å². The first-order valence-electron chi connectivity index (χ1n) is 9.26. The van der Waals surface area contributed by atoms with Crippen molar-refractivity contribution in [3.63, 3.8) is 0 Å². The van der Waals surface area contributed by atoms with Crippen molar-refractivity contribution >= 4 is 17.7 Å². The maximum absolute atomic E-state index is 12.6. The van der Waals surface area contributed by atoms with Crippen molar-refractivity contribution in [3.8, 4) is 5.75 Å². The van der Waals surface area contributed by atoms with E-state index in [0.29, 0.717) is 11.3 Å². The Labute approximate surface area is 166 Å². The Kier molecular flexibility index (Phi) is 7.04. The fraction of sp³-hybridized carbons (Fsp3) is 0.364. The molecule has 0 aromatic heterocycles. The van der Waals surface area contributed by atoms with Crippen LogP contribution in [0, 0.1) is 0 Å². The maximum Gasteiger partial charge on any atom is 0.412 e. The summed E-state index contributed by atoms with van der Waals surface area (Å²) >= 11 is 0. The standard InChI is InChI=1S/C22H28N2O4/c1-6-19(15-9-13-18(27-5)14-10-15)24-20(25)16-7-11-17(12-8-16)23-21(26)28-22(2,3)4/h7-14,19H,6H2,1-5H3,(H,23,26)(H,24,25). The van der Waals surface area contributed by atoms with Crippen LogP contribution in [0.25, 0.3) is 0 Å². The molecule has 2 amide bonds. The first kappa shape index (κ1) is 21.3. The molecule has 2 N–H and O–H groups in total. The van der Waals surface area contributed by atoms with Gasteiger partial charge in [0.05, 0.1) is 13.2 Å². The van der Waals surface area contributed by atoms with Gasteiger partial charge in [0.15, 0.2) is 0 Å². The molecule has 0 radical (unpaired) electrons. The lowest BCUT2D eigenvalue weighted by atomic mass is 10.0. The minimum absolute atomic E-state index is 0.0991. The number of rotatable bonds is 6. The SMILES string of the molecule is CCC(NC(=O)c1ccc(NC(=O)OC(C)(C)C)cc1)c1ccc(OC)cc1. The average molecular weight is 384 g/mol. The lowest BCUT2D eigenvalue weighted by Gasteiger charge is -2.20. The fourth-order valence-electron chi connectivity index (χ4n) is 2.63. The summed E-state index contributed by atoms with van der Waals surface area (Å²) in [5.41, 5.74) is 1.52. The summed E-state index contributed by atoms with van der Waals surface area (Å²) < 4.78 is 10.4. The Morgan fingerprint density at radius 2 is 1.61 bits per heavy atom. The van der Waals surface area contributed by atoms with Crippen LogP contribution >= 0.6 is 0 Å². The van der Waals surface area contributed by atoms with Crippen molar-refractivity contribution < 1.29 is 19.1 Å². The van der Waals surface area contributed by atoms with E-state index < -0.39 is 11.7 Å². The van der Waals surface area contributed by atoms with Gasteiger partial charge in [-0.1, -0.05) is 19.1 Å². The van der Waals surface area contributed by atoms with E-state index in [9.17, 15) is 9.59 Å². The number of ether oxygens (including phenoxy) is 2. The number of anilines is 1. The lowest BCUT2D eigenvalue weighted by molar-refractivity contribution is 0.0635. The molecule has 0 aliphatic heterocycles. The second-order valence-corrected chi connectivity index (χ2v) is 7.41. The third-order valence-corrected chi connectivity index (χ3v) is 4.02. The van der Waals surface area contributed by atoms with Gasteiger partial charge >= 0.3 is 6.09 Å². The molecule has 0 aliphatic rings. The molecular formula is C22H28N2O4. The number of nitrogens with one attached hydrogen (secondary N) is 2. The van der Waals surface area contributed by atoms with Gasteiger partial charge in [0, 0.05) is 11.3 Å². The van der Waals surface area contributed by atoms with E-state index in [1.165, 1.54) is 0 Å². The monoisotopic (exact) mass is 384 g/mol. The number of carbonyl (C=O) groups excluding carboxylic acids is 2. The predicted molar refractivity (Wildman–Crippen MR) is 110 cm³/mol. The molecule has 2 aromatic rings. The molecule has 0 saturated heterocycles. The molecular weight excluding hydrogens is 356 g/mol. The van der Waals surface area contributed by atoms with Gasteiger partial charge in [-0.2, -0.15) is 0 Å². The highest BCUT2D eigenvalue weighted by Crippen LogP contribution is 2.21. The summed E-state index contributed by atoms with van der Waals surface area (Å²) in [5.74, 6) is 0.601. The molecule has 0 heterocycles. The van der Waals surface area contributed by atoms with Crippen molar-refractivity contribution in [1.82, 2.24) is 5.32 Å². The second kappa shape index (κ2) is 9.26. The largest absolute Gasteiger partial charge is 0.497 e. The van der Waals surface area contributed by atoms with Crippen LogP contribution in [-0.2, 0) is 4.74 Å². The highest BCUT2D eigenvalue weighted by Gasteiger charge is 2.17. The van der Waals surface area contributed by atoms with Crippen LogP contribution in [-0.4, -0.2) is 24.7 Å². The summed E-state index contributed by atoms with van der Waals surface area (Å²) in [5, 5.41) is 5.68. The molecule has 6 heteroatoms. The van der Waals surface area contributed by atoms with Gasteiger partial charge in [-0.3, -0.25) is 10.1 Å². The molecule has 0 spiro atoms. The molecule has 6 nitrogen and oxygen atoms in total. The van der Waals surface area contributed by atoms with Gasteiger partial charge in [0.2, 0.25) is 0 Å². The molecule has 1 unspecified atom stereocenters. The van der Waals surface area contributed by atoms with E-state index >= 15 is 0 Å². The topological polar surface area (TPSA) is 76.7 Å². The summed E-state index contributed by atoms with van der Waals surface area (Å²) in [6.45, 7) is 7.41. The van der Waals surface area contributed by atoms with Crippen LogP contribution < -0.4 is 15.4 Å². The lowest BCUT2D eigenvalue weighted by Crippen LogP contribution is -2.28. The number of benzene rings is 2. The van der Waals surface area contributed by atoms with E-state index in [-0.39, 0.29) is 11.9 Å². The highest BCUT2D eigenvalue weighted by atomic mass is 16.6. The molecule has 2 aromatic carbocycles. The number of methoxy groups -OCH3 is 1. The third kappa shape index (κ3) is 6.30. The Morgan fingerprint density at radius 3 is 2.11 bits per heavy atom. The molecule has 150 valence electrons. The summed E-state index contributed by atoms with van der Waals surface area (Å²) in [6.07, 6.45) is 0.228. The van der Waals surface area contributed by atoms with Crippen LogP contribution in [0.2, 0.25) is 0 Å². The van der Waals surface area contributed by atoms with Crippen molar-refractivity contribution in [1.29, 1.82) is 0 Å². The number of hydrogen-bond donors (Lipinski definition) is 2. The van der Waals surface area contributed by atoms with Crippen LogP contribution in [0.5, 0.6) is 5.75 Å². The Morgan fingerprint density at radius 1 is 1.00 bits per heavy atom. The van der Waals surface area contributed by atoms with Gasteiger partial charge in [-0.05, 0) is 69.2 Å². The van der Waals surface area contributed by atoms with Crippen molar-refractivity contribution in [2.24, 2.45) is 0 Å². The van der Waals surface area contributed by atoms with Gasteiger partial charge in [-0.15, -0.1) is 0 Å². The zero-order valence-corrected chi connectivity index (χ0v) is 17.0. The Balaban J connectivity index is 2.00. The van der Waals surface area contributed by atoms with Crippen molar-refractivity contribution in [3.05, 3.63) is 59.7 Å². The summed E-state index contributed by atoms with van der Waals surface area (Å²) in [7, 11) is 1.62. The molecule has 2 rings (SSSR count). The van der Waals surface area contributed by atoms with E-state index in [4.69, 9.17) is 9.47 Å². The van der Waals surface area contributed by atoms with E-state index in [2.05, 4.69) is 10.6 Å². The van der Waals surface area contributed by atoms with Gasteiger partial charge in [-0.25, -0.2) is 4.79 Å². The molecule has 0 fully saturated rings. The summed E-state index contributed by atoms with van der Waals surface area (Å²) in [6, 6.07) is 14.2. The quantitative estimate of drug-likeness (QED) is 0.741. The molecule has 28 heavy (non-hydrogen) atoms. The van der Waals surface area contributed by atoms with E-state index in [0.717, 1.165) is 17.7 Å². The third-order valence-electron chi connectivity index (χ3n) is 4.02. The number of carbonyl (C=O) groups is 2. The molecule has 0 aliphatic carbocycles. The van der Waals surface area contributed by atoms with Crippen molar-refractivity contribution in [2.45, 2.75) is 45.8 Å². The van der Waals surface area contributed by atoms with Crippen molar-refractivity contribution in [2.75, 3.05) is 12.4 Å². The van der Waals surface area contributed by atoms with E-state index in [1.807, 2.05) is 31.2 Å². The Hall–Kier alpha value is -3.02. The normalized spacial score (nSPS) is 12.0. The van der Waals surface area contributed by atoms with Crippen LogP contribution in [0.3, 0.4) is 0 Å². The smallest absolute Gasteiger partial charge is 0.412 e. The molecule has 0 saturated carbocycles. The Bertz CT molecular complexity index is 793.